The zero-order valence-electron chi connectivity index (χ0n) is 35.6. The highest BCUT2D eigenvalue weighted by atomic mass is 79.9. The molecule has 0 rings (SSSR count). The number of aliphatic hydroxyl groups excluding tert-OH is 1. The Bertz CT molecular complexity index is 1910. The molecule has 2 N–H and O–H groups in total. The Balaban J connectivity index is 8.58. The molecule has 76 heavy (non-hydrogen) atoms. The van der Waals surface area contributed by atoms with Gasteiger partial charge in [0.25, 0.3) is 0 Å². The molecule has 0 aromatic carbocycles. The standard InChI is InChI=1S/C32H25BrF39NO3/c1-10(2)14(33,3-4-15(34,35)18(40,41)21(46,47)24(52,53)27(58,59)30(64,65)66)13(11(74)9-12(75)76)73(7-5-16(36,37)19(42,43)22(48,49)25(54,55)28(60,61)31(67,68)69)8-6-17(38,39)20(44,45)23(50,51)26(56,57)29(62,63)32(70,71)72/h10-11,13,74H,3-9H2,1-2H3,(H,75,76)/t11-,13+,14?/m0/s1. The van der Waals surface area contributed by atoms with Crippen molar-refractivity contribution < 1.29 is 186 Å². The number of aliphatic hydroxyl groups is 1. The Kier molecular flexibility index (Phi) is 19.8. The molecule has 0 aliphatic rings. The quantitative estimate of drug-likeness (QED) is 0.0636. The third-order valence-electron chi connectivity index (χ3n) is 10.8. The Labute approximate surface area is 402 Å². The number of hydrogen-bond acceptors (Lipinski definition) is 3. The lowest BCUT2D eigenvalue weighted by molar-refractivity contribution is -0.440. The zero-order valence-corrected chi connectivity index (χ0v) is 37.1. The Morgan fingerprint density at radius 3 is 0.776 bits per heavy atom. The van der Waals surface area contributed by atoms with Crippen LogP contribution in [0.15, 0.2) is 0 Å². The predicted octanol–water partition coefficient (Wildman–Crippen LogP) is 15.1. The molecule has 0 fully saturated rings. The summed E-state index contributed by atoms with van der Waals surface area (Å²) >= 11 is 1.92. The van der Waals surface area contributed by atoms with Gasteiger partial charge in [-0.2, -0.15) is 171 Å². The van der Waals surface area contributed by atoms with Crippen molar-refractivity contribution in [2.75, 3.05) is 13.1 Å². The van der Waals surface area contributed by atoms with Gasteiger partial charge in [-0.1, -0.05) is 29.8 Å². The predicted molar refractivity (Wildman–Crippen MR) is 171 cm³/mol. The summed E-state index contributed by atoms with van der Waals surface area (Å²) in [7, 11) is 0. The summed E-state index contributed by atoms with van der Waals surface area (Å²) in [6.45, 7) is -6.53. The van der Waals surface area contributed by atoms with Crippen molar-refractivity contribution >= 4 is 21.9 Å². The van der Waals surface area contributed by atoms with E-state index in [4.69, 9.17) is 5.11 Å². The number of carbonyl (C=O) groups is 1. The summed E-state index contributed by atoms with van der Waals surface area (Å²) in [5.41, 5.74) is 0. The molecular weight excluding hydrogens is 1270 g/mol. The van der Waals surface area contributed by atoms with Crippen molar-refractivity contribution in [1.82, 2.24) is 4.90 Å². The smallest absolute Gasteiger partial charge is 0.460 e. The van der Waals surface area contributed by atoms with Gasteiger partial charge in [-0.15, -0.1) is 0 Å². The van der Waals surface area contributed by atoms with Gasteiger partial charge in [-0.3, -0.25) is 9.69 Å². The van der Waals surface area contributed by atoms with Gasteiger partial charge in [0, 0.05) is 36.7 Å². The van der Waals surface area contributed by atoms with Gasteiger partial charge in [-0.25, -0.2) is 0 Å². The summed E-state index contributed by atoms with van der Waals surface area (Å²) in [6, 6.07) is -4.02. The van der Waals surface area contributed by atoms with E-state index in [0.29, 0.717) is 0 Å². The van der Waals surface area contributed by atoms with Gasteiger partial charge in [0.1, 0.15) is 0 Å². The first-order chi connectivity index (χ1) is 32.4. The molecule has 0 amide bonds. The van der Waals surface area contributed by atoms with Crippen molar-refractivity contribution in [3.63, 3.8) is 0 Å². The summed E-state index contributed by atoms with van der Waals surface area (Å²) in [5.74, 6) is -132. The van der Waals surface area contributed by atoms with Crippen molar-refractivity contribution in [2.24, 2.45) is 5.92 Å². The van der Waals surface area contributed by atoms with Crippen molar-refractivity contribution in [1.29, 1.82) is 0 Å². The van der Waals surface area contributed by atoms with Gasteiger partial charge in [-0.05, 0) is 12.3 Å². The number of rotatable bonds is 27. The molecule has 0 aromatic heterocycles. The highest BCUT2D eigenvalue weighted by Crippen LogP contribution is 2.65. The molecule has 4 nitrogen and oxygen atoms in total. The van der Waals surface area contributed by atoms with Crippen LogP contribution in [0.5, 0.6) is 0 Å². The molecule has 0 spiro atoms. The van der Waals surface area contributed by atoms with Crippen LogP contribution < -0.4 is 0 Å². The number of hydrogen-bond donors (Lipinski definition) is 2. The molecule has 0 heterocycles. The molecule has 0 saturated heterocycles. The fraction of sp³-hybridized carbons (Fsp3) is 0.969. The molecule has 0 radical (unpaired) electrons. The minimum atomic E-state index is -8.88. The second kappa shape index (κ2) is 20.6. The maximum absolute atomic E-state index is 15.0. The minimum Gasteiger partial charge on any atom is -0.481 e. The second-order valence-corrected chi connectivity index (χ2v) is 17.7. The molecule has 3 atom stereocenters. The van der Waals surface area contributed by atoms with E-state index < -0.39 is 186 Å². The molecule has 0 saturated carbocycles. The number of halogens is 40. The molecule has 0 aliphatic carbocycles. The second-order valence-electron chi connectivity index (χ2n) is 16.2. The third kappa shape index (κ3) is 11.4. The van der Waals surface area contributed by atoms with Crippen molar-refractivity contribution in [3.8, 4) is 0 Å². The van der Waals surface area contributed by atoms with E-state index in [0.717, 1.165) is 0 Å². The van der Waals surface area contributed by atoms with Crippen LogP contribution in [0, 0.1) is 5.92 Å². The SMILES string of the molecule is CC(C)C(Br)(CCC(F)(F)C(F)(F)C(F)(F)C(F)(F)C(F)(F)C(F)(F)F)[C@@H]([C@@H](O)CC(=O)O)N(CCC(F)(F)C(F)(F)C(F)(F)C(F)(F)C(F)(F)C(F)(F)F)CCC(F)(F)C(F)(F)C(F)(F)C(F)(F)C(F)(F)C(F)(F)F. The van der Waals surface area contributed by atoms with Gasteiger partial charge in [0.15, 0.2) is 0 Å². The van der Waals surface area contributed by atoms with Gasteiger partial charge >= 0.3 is 113 Å². The monoisotopic (exact) mass is 1290 g/mol. The fourth-order valence-corrected chi connectivity index (χ4v) is 6.91. The molecule has 0 bridgehead atoms. The van der Waals surface area contributed by atoms with Crippen LogP contribution in [0.3, 0.4) is 0 Å². The number of aliphatic carboxylic acids is 1. The topological polar surface area (TPSA) is 60.8 Å². The lowest BCUT2D eigenvalue weighted by Crippen LogP contribution is -2.70. The molecule has 1 unspecified atom stereocenters. The van der Waals surface area contributed by atoms with Gasteiger partial charge in [0.2, 0.25) is 0 Å². The van der Waals surface area contributed by atoms with Crippen molar-refractivity contribution in [2.45, 2.75) is 170 Å². The van der Waals surface area contributed by atoms with Crippen molar-refractivity contribution in [3.05, 3.63) is 0 Å². The first-order valence-electron chi connectivity index (χ1n) is 18.6. The Morgan fingerprint density at radius 1 is 0.368 bits per heavy atom. The molecule has 0 aliphatic heterocycles. The molecule has 0 aromatic rings. The maximum Gasteiger partial charge on any atom is 0.460 e. The molecular formula is C32H25BrF39NO3. The van der Waals surface area contributed by atoms with E-state index in [-0.39, 0.29) is 13.8 Å². The van der Waals surface area contributed by atoms with E-state index in [1.54, 1.807) is 0 Å². The third-order valence-corrected chi connectivity index (χ3v) is 12.6. The van der Waals surface area contributed by atoms with Gasteiger partial charge < -0.3 is 10.2 Å². The van der Waals surface area contributed by atoms with E-state index in [1.165, 1.54) is 0 Å². The van der Waals surface area contributed by atoms with E-state index in [2.05, 4.69) is 0 Å². The van der Waals surface area contributed by atoms with Crippen LogP contribution in [-0.4, -0.2) is 158 Å². The summed E-state index contributed by atoms with van der Waals surface area (Å²) < 4.78 is 536. The lowest BCUT2D eigenvalue weighted by atomic mass is 9.78. The number of nitrogens with zero attached hydrogens (tertiary/aromatic N) is 1. The highest BCUT2D eigenvalue weighted by molar-refractivity contribution is 9.10. The maximum atomic E-state index is 15.0. The van der Waals surface area contributed by atoms with Crippen LogP contribution in [-0.2, 0) is 4.79 Å². The van der Waals surface area contributed by atoms with Crippen LogP contribution in [0.2, 0.25) is 0 Å². The zero-order chi connectivity index (χ0) is 62.3. The summed E-state index contributed by atoms with van der Waals surface area (Å²) in [4.78, 5) is 10.1. The fourth-order valence-electron chi connectivity index (χ4n) is 6.12. The molecule has 456 valence electrons. The Hall–Kier alpha value is -2.86. The Morgan fingerprint density at radius 2 is 0.579 bits per heavy atom. The van der Waals surface area contributed by atoms with E-state index in [1.807, 2.05) is 15.9 Å². The van der Waals surface area contributed by atoms with E-state index in [9.17, 15) is 155 Å². The average Bonchev–Trinajstić information content (AvgIpc) is 3.18. The average molecular weight is 1290 g/mol. The molecule has 44 heteroatoms. The normalized spacial score (nSPS) is 17.9. The first kappa shape index (κ1) is 73.1. The highest BCUT2D eigenvalue weighted by Gasteiger charge is 2.93. The van der Waals surface area contributed by atoms with Crippen LogP contribution in [0.4, 0.5) is 171 Å². The first-order valence-corrected chi connectivity index (χ1v) is 19.4. The summed E-state index contributed by atoms with van der Waals surface area (Å²) in [5, 5.41) is 19.9. The van der Waals surface area contributed by atoms with Crippen LogP contribution >= 0.6 is 15.9 Å². The number of carboxylic acid groups (broad SMARTS) is 1. The van der Waals surface area contributed by atoms with Crippen LogP contribution in [0.1, 0.15) is 46.0 Å². The minimum absolute atomic E-state index is 0.148. The van der Waals surface area contributed by atoms with Gasteiger partial charge in [0.05, 0.1) is 18.6 Å². The van der Waals surface area contributed by atoms with E-state index >= 15 is 26.3 Å². The summed E-state index contributed by atoms with van der Waals surface area (Å²) in [6.07, 6.45) is -45.6. The van der Waals surface area contributed by atoms with Crippen LogP contribution in [0.25, 0.3) is 0 Å². The number of alkyl halides is 40. The lowest BCUT2D eigenvalue weighted by Gasteiger charge is -2.49. The number of carboxylic acids is 1. The largest absolute Gasteiger partial charge is 0.481 e.